The maximum Gasteiger partial charge on any atom is 0.328 e. The fourth-order valence-corrected chi connectivity index (χ4v) is 0.424. The first kappa shape index (κ1) is 8.95. The summed E-state index contributed by atoms with van der Waals surface area (Å²) in [6, 6.07) is 0. The van der Waals surface area contributed by atoms with E-state index < -0.39 is 5.97 Å². The molecule has 0 aromatic rings. The van der Waals surface area contributed by atoms with Crippen molar-refractivity contribution in [3.63, 3.8) is 0 Å². The second-order valence-corrected chi connectivity index (χ2v) is 2.33. The molecule has 10 heavy (non-hydrogen) atoms. The lowest BCUT2D eigenvalue weighted by atomic mass is 10.2. The third-order valence-electron chi connectivity index (χ3n) is 0.846. The Labute approximate surface area is 60.9 Å². The molecule has 0 saturated heterocycles. The molecule has 2 heteroatoms. The Kier molecular flexibility index (Phi) is 4.29. The number of rotatable bonds is 3. The third-order valence-corrected chi connectivity index (χ3v) is 0.846. The lowest BCUT2D eigenvalue weighted by Crippen LogP contribution is -1.84. The molecule has 2 nitrogen and oxygen atoms in total. The molecule has 0 fully saturated rings. The molecule has 0 aliphatic heterocycles. The van der Waals surface area contributed by atoms with E-state index in [1.54, 1.807) is 6.08 Å². The molecule has 0 aromatic heterocycles. The summed E-state index contributed by atoms with van der Waals surface area (Å²) in [5.74, 6) is -0.438. The second-order valence-electron chi connectivity index (χ2n) is 2.33. The standard InChI is InChI=1S/C8H12O2/c1-7(2)5-3-4-6-8(9)10/h3-7H,1-2H3,(H,9,10)/b5-3+,6-4-. The van der Waals surface area contributed by atoms with E-state index in [9.17, 15) is 4.79 Å². The molecule has 0 amide bonds. The first-order valence-corrected chi connectivity index (χ1v) is 3.20. The number of hydrogen-bond donors (Lipinski definition) is 1. The van der Waals surface area contributed by atoms with Gasteiger partial charge in [-0.25, -0.2) is 4.79 Å². The van der Waals surface area contributed by atoms with Crippen molar-refractivity contribution in [1.82, 2.24) is 0 Å². The Balaban J connectivity index is 3.62. The lowest BCUT2D eigenvalue weighted by Gasteiger charge is -1.88. The van der Waals surface area contributed by atoms with Crippen molar-refractivity contribution < 1.29 is 9.90 Å². The average Bonchev–Trinajstić information content (AvgIpc) is 1.79. The summed E-state index contributed by atoms with van der Waals surface area (Å²) >= 11 is 0. The largest absolute Gasteiger partial charge is 0.478 e. The number of hydrogen-bond acceptors (Lipinski definition) is 1. The zero-order valence-corrected chi connectivity index (χ0v) is 6.24. The normalized spacial score (nSPS) is 11.9. The highest BCUT2D eigenvalue weighted by Crippen LogP contribution is 1.92. The molecule has 0 radical (unpaired) electrons. The highest BCUT2D eigenvalue weighted by Gasteiger charge is 1.82. The molecule has 0 bridgehead atoms. The van der Waals surface area contributed by atoms with Crippen LogP contribution in [0, 0.1) is 5.92 Å². The van der Waals surface area contributed by atoms with Gasteiger partial charge in [0.1, 0.15) is 0 Å². The van der Waals surface area contributed by atoms with Crippen molar-refractivity contribution in [2.24, 2.45) is 5.92 Å². The van der Waals surface area contributed by atoms with E-state index >= 15 is 0 Å². The van der Waals surface area contributed by atoms with Crippen LogP contribution in [-0.2, 0) is 4.79 Å². The van der Waals surface area contributed by atoms with E-state index in [4.69, 9.17) is 5.11 Å². The van der Waals surface area contributed by atoms with Gasteiger partial charge in [-0.1, -0.05) is 32.1 Å². The molecule has 0 aromatic carbocycles. The van der Waals surface area contributed by atoms with Crippen molar-refractivity contribution in [1.29, 1.82) is 0 Å². The van der Waals surface area contributed by atoms with Gasteiger partial charge in [-0.2, -0.15) is 0 Å². The zero-order chi connectivity index (χ0) is 7.98. The van der Waals surface area contributed by atoms with Gasteiger partial charge in [-0.3, -0.25) is 0 Å². The number of carboxylic acids is 1. The number of allylic oxidation sites excluding steroid dienone is 3. The number of carbonyl (C=O) groups is 1. The Bertz CT molecular complexity index is 155. The maximum atomic E-state index is 9.92. The van der Waals surface area contributed by atoms with E-state index in [2.05, 4.69) is 0 Å². The highest BCUT2D eigenvalue weighted by atomic mass is 16.4. The Hall–Kier alpha value is -1.05. The van der Waals surface area contributed by atoms with Crippen LogP contribution in [-0.4, -0.2) is 11.1 Å². The van der Waals surface area contributed by atoms with Crippen molar-refractivity contribution in [2.45, 2.75) is 13.8 Å². The van der Waals surface area contributed by atoms with Gasteiger partial charge in [0.15, 0.2) is 0 Å². The zero-order valence-electron chi connectivity index (χ0n) is 6.24. The summed E-state index contributed by atoms with van der Waals surface area (Å²) in [5, 5.41) is 8.16. The third kappa shape index (κ3) is 6.95. The predicted octanol–water partition coefficient (Wildman–Crippen LogP) is 1.84. The summed E-state index contributed by atoms with van der Waals surface area (Å²) < 4.78 is 0. The predicted molar refractivity (Wildman–Crippen MR) is 40.8 cm³/mol. The molecule has 0 heterocycles. The van der Waals surface area contributed by atoms with Crippen LogP contribution in [0.2, 0.25) is 0 Å². The summed E-state index contributed by atoms with van der Waals surface area (Å²) in [7, 11) is 0. The minimum atomic E-state index is -0.909. The molecular weight excluding hydrogens is 128 g/mol. The minimum absolute atomic E-state index is 0.471. The van der Waals surface area contributed by atoms with Crippen molar-refractivity contribution in [2.75, 3.05) is 0 Å². The second kappa shape index (κ2) is 4.79. The molecule has 0 atom stereocenters. The van der Waals surface area contributed by atoms with E-state index in [1.807, 2.05) is 19.9 Å². The van der Waals surface area contributed by atoms with Crippen molar-refractivity contribution >= 4 is 5.97 Å². The molecule has 0 rings (SSSR count). The minimum Gasteiger partial charge on any atom is -0.478 e. The van der Waals surface area contributed by atoms with Gasteiger partial charge < -0.3 is 5.11 Å². The molecule has 0 aliphatic rings. The van der Waals surface area contributed by atoms with E-state index in [1.165, 1.54) is 6.08 Å². The maximum absolute atomic E-state index is 9.92. The fourth-order valence-electron chi connectivity index (χ4n) is 0.424. The smallest absolute Gasteiger partial charge is 0.328 e. The van der Waals surface area contributed by atoms with Crippen LogP contribution >= 0.6 is 0 Å². The lowest BCUT2D eigenvalue weighted by molar-refractivity contribution is -0.131. The van der Waals surface area contributed by atoms with E-state index in [-0.39, 0.29) is 0 Å². The van der Waals surface area contributed by atoms with Crippen molar-refractivity contribution in [3.8, 4) is 0 Å². The van der Waals surface area contributed by atoms with Gasteiger partial charge >= 0.3 is 5.97 Å². The summed E-state index contributed by atoms with van der Waals surface area (Å²) in [4.78, 5) is 9.92. The Morgan fingerprint density at radius 3 is 2.40 bits per heavy atom. The number of carboxylic acid groups (broad SMARTS) is 1. The van der Waals surface area contributed by atoms with Crippen LogP contribution in [0.1, 0.15) is 13.8 Å². The quantitative estimate of drug-likeness (QED) is 0.479. The first-order valence-electron chi connectivity index (χ1n) is 3.20. The van der Waals surface area contributed by atoms with E-state index in [0.717, 1.165) is 6.08 Å². The molecule has 0 aliphatic carbocycles. The topological polar surface area (TPSA) is 37.3 Å². The molecule has 56 valence electrons. The van der Waals surface area contributed by atoms with Gasteiger partial charge in [-0.15, -0.1) is 0 Å². The Morgan fingerprint density at radius 1 is 1.40 bits per heavy atom. The van der Waals surface area contributed by atoms with Crippen LogP contribution in [0.3, 0.4) is 0 Å². The summed E-state index contributed by atoms with van der Waals surface area (Å²) in [6.45, 7) is 4.07. The molecular formula is C8H12O2. The number of aliphatic carboxylic acids is 1. The molecule has 1 N–H and O–H groups in total. The van der Waals surface area contributed by atoms with Gasteiger partial charge in [0, 0.05) is 6.08 Å². The molecule has 0 spiro atoms. The van der Waals surface area contributed by atoms with Gasteiger partial charge in [0.2, 0.25) is 0 Å². The SMILES string of the molecule is CC(C)/C=C/C=C\C(=O)O. The highest BCUT2D eigenvalue weighted by molar-refractivity contribution is 5.80. The van der Waals surface area contributed by atoms with Crippen LogP contribution in [0.5, 0.6) is 0 Å². The van der Waals surface area contributed by atoms with Crippen LogP contribution in [0.25, 0.3) is 0 Å². The summed E-state index contributed by atoms with van der Waals surface area (Å²) in [6.07, 6.45) is 6.29. The van der Waals surface area contributed by atoms with Gasteiger partial charge in [0.25, 0.3) is 0 Å². The first-order chi connectivity index (χ1) is 4.63. The molecule has 0 unspecified atom stereocenters. The van der Waals surface area contributed by atoms with Gasteiger partial charge in [-0.05, 0) is 5.92 Å². The monoisotopic (exact) mass is 140 g/mol. The van der Waals surface area contributed by atoms with Gasteiger partial charge in [0.05, 0.1) is 0 Å². The fraction of sp³-hybridized carbons (Fsp3) is 0.375. The van der Waals surface area contributed by atoms with Crippen LogP contribution < -0.4 is 0 Å². The average molecular weight is 140 g/mol. The van der Waals surface area contributed by atoms with Crippen LogP contribution in [0.4, 0.5) is 0 Å². The van der Waals surface area contributed by atoms with Crippen molar-refractivity contribution in [3.05, 3.63) is 24.3 Å². The molecule has 0 saturated carbocycles. The summed E-state index contributed by atoms with van der Waals surface area (Å²) in [5.41, 5.74) is 0. The van der Waals surface area contributed by atoms with E-state index in [0.29, 0.717) is 5.92 Å². The van der Waals surface area contributed by atoms with Crippen LogP contribution in [0.15, 0.2) is 24.3 Å². The Morgan fingerprint density at radius 2 is 2.00 bits per heavy atom.